The third-order valence-corrected chi connectivity index (χ3v) is 2.38. The minimum Gasteiger partial charge on any atom is -0.370 e. The molecule has 1 aromatic carbocycles. The number of nitrogens with two attached hydrogens (primary N) is 1. The van der Waals surface area contributed by atoms with E-state index in [1.54, 1.807) is 19.1 Å². The number of halogens is 1. The topological polar surface area (TPSA) is 55.1 Å². The lowest BCUT2D eigenvalue weighted by Gasteiger charge is -2.12. The molecule has 0 fully saturated rings. The molecule has 1 amide bonds. The standard InChI is InChI=1S/C12H17FN2O/c1-8-5-10(3-4-11(8)13)7-15-9(2)6-12(14)16/h3-5,9,15H,6-7H2,1-2H3,(H2,14,16). The molecule has 1 unspecified atom stereocenters. The first-order valence-electron chi connectivity index (χ1n) is 5.25. The lowest BCUT2D eigenvalue weighted by molar-refractivity contribution is -0.118. The molecule has 0 aliphatic rings. The molecule has 0 aliphatic heterocycles. The van der Waals surface area contributed by atoms with E-state index in [0.717, 1.165) is 5.56 Å². The van der Waals surface area contributed by atoms with Crippen LogP contribution in [0.4, 0.5) is 4.39 Å². The summed E-state index contributed by atoms with van der Waals surface area (Å²) in [4.78, 5) is 10.7. The van der Waals surface area contributed by atoms with Gasteiger partial charge in [-0.1, -0.05) is 12.1 Å². The quantitative estimate of drug-likeness (QED) is 0.796. The van der Waals surface area contributed by atoms with Gasteiger partial charge >= 0.3 is 0 Å². The van der Waals surface area contributed by atoms with Crippen molar-refractivity contribution < 1.29 is 9.18 Å². The number of hydrogen-bond donors (Lipinski definition) is 2. The van der Waals surface area contributed by atoms with E-state index in [4.69, 9.17) is 5.73 Å². The molecule has 1 atom stereocenters. The van der Waals surface area contributed by atoms with Gasteiger partial charge in [0.1, 0.15) is 5.82 Å². The maximum absolute atomic E-state index is 13.0. The Hall–Kier alpha value is -1.42. The van der Waals surface area contributed by atoms with E-state index in [9.17, 15) is 9.18 Å². The second-order valence-corrected chi connectivity index (χ2v) is 4.04. The van der Waals surface area contributed by atoms with E-state index in [0.29, 0.717) is 18.5 Å². The largest absolute Gasteiger partial charge is 0.370 e. The molecule has 3 N–H and O–H groups in total. The number of benzene rings is 1. The van der Waals surface area contributed by atoms with Crippen LogP contribution in [0.1, 0.15) is 24.5 Å². The van der Waals surface area contributed by atoms with Gasteiger partial charge in [0.2, 0.25) is 5.91 Å². The molecule has 4 heteroatoms. The fourth-order valence-corrected chi connectivity index (χ4v) is 1.48. The average molecular weight is 224 g/mol. The molecule has 0 saturated carbocycles. The second kappa shape index (κ2) is 5.61. The van der Waals surface area contributed by atoms with Gasteiger partial charge in [-0.05, 0) is 31.0 Å². The molecule has 0 aromatic heterocycles. The molecule has 88 valence electrons. The first-order chi connectivity index (χ1) is 7.49. The van der Waals surface area contributed by atoms with Crippen LogP contribution in [0.15, 0.2) is 18.2 Å². The van der Waals surface area contributed by atoms with E-state index in [1.807, 2.05) is 6.92 Å². The monoisotopic (exact) mass is 224 g/mol. The fourth-order valence-electron chi connectivity index (χ4n) is 1.48. The summed E-state index contributed by atoms with van der Waals surface area (Å²) >= 11 is 0. The normalized spacial score (nSPS) is 12.4. The summed E-state index contributed by atoms with van der Waals surface area (Å²) < 4.78 is 13.0. The van der Waals surface area contributed by atoms with Crippen molar-refractivity contribution in [1.82, 2.24) is 5.32 Å². The SMILES string of the molecule is Cc1cc(CNC(C)CC(N)=O)ccc1F. The van der Waals surface area contributed by atoms with Gasteiger partial charge in [0.05, 0.1) is 0 Å². The van der Waals surface area contributed by atoms with Crippen molar-refractivity contribution in [2.75, 3.05) is 0 Å². The summed E-state index contributed by atoms with van der Waals surface area (Å²) in [6.45, 7) is 4.22. The van der Waals surface area contributed by atoms with Crippen LogP contribution in [0, 0.1) is 12.7 Å². The Morgan fingerprint density at radius 3 is 2.81 bits per heavy atom. The van der Waals surface area contributed by atoms with Gasteiger partial charge in [-0.2, -0.15) is 0 Å². The van der Waals surface area contributed by atoms with E-state index in [1.165, 1.54) is 6.07 Å². The zero-order valence-electron chi connectivity index (χ0n) is 9.59. The highest BCUT2D eigenvalue weighted by molar-refractivity contribution is 5.74. The van der Waals surface area contributed by atoms with E-state index >= 15 is 0 Å². The van der Waals surface area contributed by atoms with Gasteiger partial charge in [0.15, 0.2) is 0 Å². The molecule has 0 aliphatic carbocycles. The van der Waals surface area contributed by atoms with Crippen LogP contribution in [-0.4, -0.2) is 11.9 Å². The number of aryl methyl sites for hydroxylation is 1. The summed E-state index contributed by atoms with van der Waals surface area (Å²) in [5.74, 6) is -0.524. The van der Waals surface area contributed by atoms with E-state index < -0.39 is 0 Å². The van der Waals surface area contributed by atoms with Gasteiger partial charge < -0.3 is 11.1 Å². The number of hydrogen-bond acceptors (Lipinski definition) is 2. The van der Waals surface area contributed by atoms with Crippen molar-refractivity contribution in [1.29, 1.82) is 0 Å². The molecule has 0 spiro atoms. The number of rotatable bonds is 5. The van der Waals surface area contributed by atoms with Crippen molar-refractivity contribution in [2.45, 2.75) is 32.9 Å². The van der Waals surface area contributed by atoms with Gasteiger partial charge in [-0.3, -0.25) is 4.79 Å². The van der Waals surface area contributed by atoms with Crippen molar-refractivity contribution in [2.24, 2.45) is 5.73 Å². The molecule has 0 radical (unpaired) electrons. The number of nitrogens with one attached hydrogen (secondary N) is 1. The first-order valence-corrected chi connectivity index (χ1v) is 5.25. The van der Waals surface area contributed by atoms with Gasteiger partial charge in [-0.15, -0.1) is 0 Å². The minimum atomic E-state index is -0.324. The van der Waals surface area contributed by atoms with Crippen molar-refractivity contribution >= 4 is 5.91 Å². The predicted molar refractivity (Wildman–Crippen MR) is 61.3 cm³/mol. The van der Waals surface area contributed by atoms with Crippen LogP contribution in [0.25, 0.3) is 0 Å². The second-order valence-electron chi connectivity index (χ2n) is 4.04. The van der Waals surface area contributed by atoms with Gasteiger partial charge in [0.25, 0.3) is 0 Å². The molecular formula is C12H17FN2O. The Balaban J connectivity index is 2.48. The van der Waals surface area contributed by atoms with Crippen LogP contribution in [0.5, 0.6) is 0 Å². The maximum atomic E-state index is 13.0. The Kier molecular flexibility index (Phi) is 4.43. The highest BCUT2D eigenvalue weighted by Crippen LogP contribution is 2.09. The van der Waals surface area contributed by atoms with Crippen LogP contribution >= 0.6 is 0 Å². The number of primary amides is 1. The first kappa shape index (κ1) is 12.6. The summed E-state index contributed by atoms with van der Waals surface area (Å²) in [6, 6.07) is 5.00. The molecule has 1 aromatic rings. The fraction of sp³-hybridized carbons (Fsp3) is 0.417. The lowest BCUT2D eigenvalue weighted by atomic mass is 10.1. The Labute approximate surface area is 94.8 Å². The van der Waals surface area contributed by atoms with E-state index in [-0.39, 0.29) is 17.8 Å². The Bertz CT molecular complexity index is 379. The van der Waals surface area contributed by atoms with Gasteiger partial charge in [0, 0.05) is 19.0 Å². The highest BCUT2D eigenvalue weighted by Gasteiger charge is 2.05. The van der Waals surface area contributed by atoms with Crippen molar-refractivity contribution in [3.63, 3.8) is 0 Å². The summed E-state index contributed by atoms with van der Waals surface area (Å²) in [7, 11) is 0. The molecule has 3 nitrogen and oxygen atoms in total. The summed E-state index contributed by atoms with van der Waals surface area (Å²) in [5, 5.41) is 3.15. The third kappa shape index (κ3) is 3.98. The zero-order chi connectivity index (χ0) is 12.1. The predicted octanol–water partition coefficient (Wildman–Crippen LogP) is 1.49. The van der Waals surface area contributed by atoms with Crippen LogP contribution < -0.4 is 11.1 Å². The third-order valence-electron chi connectivity index (χ3n) is 2.38. The molecule has 0 heterocycles. The smallest absolute Gasteiger partial charge is 0.218 e. The number of carbonyl (C=O) groups excluding carboxylic acids is 1. The number of amides is 1. The molecular weight excluding hydrogens is 207 g/mol. The maximum Gasteiger partial charge on any atom is 0.218 e. The van der Waals surface area contributed by atoms with Crippen molar-refractivity contribution in [3.8, 4) is 0 Å². The number of carbonyl (C=O) groups is 1. The zero-order valence-corrected chi connectivity index (χ0v) is 9.59. The minimum absolute atomic E-state index is 0.0304. The Morgan fingerprint density at radius 2 is 2.25 bits per heavy atom. The van der Waals surface area contributed by atoms with Crippen LogP contribution in [0.3, 0.4) is 0 Å². The molecule has 0 saturated heterocycles. The molecule has 1 rings (SSSR count). The van der Waals surface area contributed by atoms with Crippen LogP contribution in [-0.2, 0) is 11.3 Å². The highest BCUT2D eigenvalue weighted by atomic mass is 19.1. The Morgan fingerprint density at radius 1 is 1.56 bits per heavy atom. The summed E-state index contributed by atoms with van der Waals surface area (Å²) in [6.07, 6.45) is 0.306. The average Bonchev–Trinajstić information content (AvgIpc) is 2.19. The molecule has 0 bridgehead atoms. The van der Waals surface area contributed by atoms with Gasteiger partial charge in [-0.25, -0.2) is 4.39 Å². The van der Waals surface area contributed by atoms with E-state index in [2.05, 4.69) is 5.32 Å². The summed E-state index contributed by atoms with van der Waals surface area (Å²) in [5.41, 5.74) is 6.70. The lowest BCUT2D eigenvalue weighted by Crippen LogP contribution is -2.30. The molecule has 16 heavy (non-hydrogen) atoms. The van der Waals surface area contributed by atoms with Crippen LogP contribution in [0.2, 0.25) is 0 Å². The van der Waals surface area contributed by atoms with Crippen molar-refractivity contribution in [3.05, 3.63) is 35.1 Å².